The van der Waals surface area contributed by atoms with E-state index in [4.69, 9.17) is 4.74 Å². The number of carbonyl (C=O) groups excluding carboxylic acids is 2. The molecule has 2 aromatic heterocycles. The van der Waals surface area contributed by atoms with Crippen LogP contribution in [-0.2, 0) is 11.3 Å². The molecule has 2 fully saturated rings. The lowest BCUT2D eigenvalue weighted by molar-refractivity contribution is 0.0299. The Morgan fingerprint density at radius 2 is 2.04 bits per heavy atom. The molecule has 0 bridgehead atoms. The second-order valence-corrected chi connectivity index (χ2v) is 8.11. The minimum atomic E-state index is -0.101. The Bertz CT molecular complexity index is 844. The van der Waals surface area contributed by atoms with E-state index in [0.29, 0.717) is 51.0 Å². The second-order valence-electron chi connectivity index (χ2n) is 7.26. The number of carbonyl (C=O) groups is 2. The molecule has 0 spiro atoms. The third-order valence-corrected chi connectivity index (χ3v) is 6.16. The number of hydrogen-bond acceptors (Lipinski definition) is 7. The minimum absolute atomic E-state index is 0.0616. The summed E-state index contributed by atoms with van der Waals surface area (Å²) in [5, 5.41) is 8.19. The number of rotatable bonds is 4. The zero-order valence-electron chi connectivity index (χ0n) is 15.9. The Hall–Kier alpha value is -2.33. The van der Waals surface area contributed by atoms with E-state index in [1.165, 1.54) is 11.3 Å². The van der Waals surface area contributed by atoms with Crippen LogP contribution in [0, 0.1) is 12.8 Å². The molecule has 2 aliphatic rings. The number of likely N-dealkylation sites (tertiary alicyclic amines) is 1. The number of aryl methyl sites for hydroxylation is 1. The Kier molecular flexibility index (Phi) is 5.67. The molecule has 0 N–H and O–H groups in total. The Morgan fingerprint density at radius 3 is 2.79 bits per heavy atom. The lowest BCUT2D eigenvalue weighted by Crippen LogP contribution is -2.41. The molecule has 0 aliphatic carbocycles. The van der Waals surface area contributed by atoms with Crippen LogP contribution in [0.1, 0.15) is 38.7 Å². The van der Waals surface area contributed by atoms with Gasteiger partial charge in [-0.2, -0.15) is 0 Å². The van der Waals surface area contributed by atoms with Crippen molar-refractivity contribution in [3.05, 3.63) is 28.0 Å². The quantitative estimate of drug-likeness (QED) is 0.757. The van der Waals surface area contributed by atoms with E-state index >= 15 is 0 Å². The lowest BCUT2D eigenvalue weighted by Gasteiger charge is -2.32. The van der Waals surface area contributed by atoms with Gasteiger partial charge < -0.3 is 14.5 Å². The SMILES string of the molecule is Cc1ncsc1C(=O)N1CCC[C@H](Cn2cc(C(=O)N3CCOCC3)nn2)C1. The Balaban J connectivity index is 1.36. The predicted molar refractivity (Wildman–Crippen MR) is 102 cm³/mol. The number of piperidine rings is 1. The average Bonchev–Trinajstić information content (AvgIpc) is 3.37. The molecule has 0 radical (unpaired) electrons. The summed E-state index contributed by atoms with van der Waals surface area (Å²) < 4.78 is 7.01. The van der Waals surface area contributed by atoms with Gasteiger partial charge in [0.05, 0.1) is 30.6 Å². The van der Waals surface area contributed by atoms with Crippen LogP contribution in [0.5, 0.6) is 0 Å². The summed E-state index contributed by atoms with van der Waals surface area (Å²) >= 11 is 1.40. The molecule has 0 saturated carbocycles. The number of thiazole rings is 1. The van der Waals surface area contributed by atoms with Crippen LogP contribution in [0.15, 0.2) is 11.7 Å². The van der Waals surface area contributed by atoms with Gasteiger partial charge in [-0.15, -0.1) is 16.4 Å². The van der Waals surface area contributed by atoms with E-state index in [-0.39, 0.29) is 11.8 Å². The number of morpholine rings is 1. The Morgan fingerprint density at radius 1 is 1.21 bits per heavy atom. The summed E-state index contributed by atoms with van der Waals surface area (Å²) in [5.41, 5.74) is 2.87. The Labute approximate surface area is 167 Å². The number of aromatic nitrogens is 4. The summed E-state index contributed by atoms with van der Waals surface area (Å²) in [7, 11) is 0. The maximum absolute atomic E-state index is 12.7. The summed E-state index contributed by atoms with van der Waals surface area (Å²) in [6, 6.07) is 0. The van der Waals surface area contributed by atoms with E-state index in [9.17, 15) is 9.59 Å². The molecule has 0 unspecified atom stereocenters. The molecule has 28 heavy (non-hydrogen) atoms. The fourth-order valence-electron chi connectivity index (χ4n) is 3.73. The first kappa shape index (κ1) is 19.0. The largest absolute Gasteiger partial charge is 0.378 e. The molecule has 4 rings (SSSR count). The van der Waals surface area contributed by atoms with Gasteiger partial charge in [-0.3, -0.25) is 14.3 Å². The second kappa shape index (κ2) is 8.36. The van der Waals surface area contributed by atoms with E-state index in [1.54, 1.807) is 21.3 Å². The van der Waals surface area contributed by atoms with Gasteiger partial charge in [0.15, 0.2) is 5.69 Å². The highest BCUT2D eigenvalue weighted by Gasteiger charge is 2.27. The first-order valence-electron chi connectivity index (χ1n) is 9.58. The van der Waals surface area contributed by atoms with Crippen molar-refractivity contribution in [2.45, 2.75) is 26.3 Å². The van der Waals surface area contributed by atoms with Gasteiger partial charge in [0.2, 0.25) is 0 Å². The van der Waals surface area contributed by atoms with Crippen molar-refractivity contribution in [3.8, 4) is 0 Å². The van der Waals surface area contributed by atoms with Crippen LogP contribution in [0.4, 0.5) is 0 Å². The zero-order valence-corrected chi connectivity index (χ0v) is 16.7. The monoisotopic (exact) mass is 404 g/mol. The number of nitrogens with zero attached hydrogens (tertiary/aromatic N) is 6. The maximum atomic E-state index is 12.7. The highest BCUT2D eigenvalue weighted by molar-refractivity contribution is 7.11. The van der Waals surface area contributed by atoms with Crippen LogP contribution in [0.3, 0.4) is 0 Å². The van der Waals surface area contributed by atoms with Crippen LogP contribution in [0.25, 0.3) is 0 Å². The first-order chi connectivity index (χ1) is 13.6. The van der Waals surface area contributed by atoms with Gasteiger partial charge >= 0.3 is 0 Å². The van der Waals surface area contributed by atoms with Crippen molar-refractivity contribution >= 4 is 23.2 Å². The molecule has 0 aromatic carbocycles. The van der Waals surface area contributed by atoms with E-state index < -0.39 is 0 Å². The van der Waals surface area contributed by atoms with Crippen molar-refractivity contribution < 1.29 is 14.3 Å². The third kappa shape index (κ3) is 4.07. The van der Waals surface area contributed by atoms with Crippen LogP contribution in [-0.4, -0.2) is 81.0 Å². The molecule has 4 heterocycles. The van der Waals surface area contributed by atoms with Gasteiger partial charge in [-0.1, -0.05) is 5.21 Å². The van der Waals surface area contributed by atoms with Crippen molar-refractivity contribution in [2.75, 3.05) is 39.4 Å². The normalized spacial score (nSPS) is 20.4. The van der Waals surface area contributed by atoms with E-state index in [0.717, 1.165) is 30.0 Å². The molecule has 1 atom stereocenters. The fraction of sp³-hybridized carbons (Fsp3) is 0.611. The molecule has 10 heteroatoms. The molecule has 2 aliphatic heterocycles. The number of ether oxygens (including phenoxy) is 1. The lowest BCUT2D eigenvalue weighted by atomic mass is 9.98. The zero-order chi connectivity index (χ0) is 19.5. The smallest absolute Gasteiger partial charge is 0.276 e. The van der Waals surface area contributed by atoms with Gasteiger partial charge in [-0.25, -0.2) is 4.98 Å². The van der Waals surface area contributed by atoms with E-state index in [1.807, 2.05) is 11.8 Å². The molecule has 150 valence electrons. The molecule has 9 nitrogen and oxygen atoms in total. The summed E-state index contributed by atoms with van der Waals surface area (Å²) in [6.07, 6.45) is 3.70. The molecular weight excluding hydrogens is 380 g/mol. The van der Waals surface area contributed by atoms with Gasteiger partial charge in [0, 0.05) is 32.7 Å². The van der Waals surface area contributed by atoms with Gasteiger partial charge in [0.1, 0.15) is 4.88 Å². The van der Waals surface area contributed by atoms with Crippen molar-refractivity contribution in [1.29, 1.82) is 0 Å². The first-order valence-corrected chi connectivity index (χ1v) is 10.5. The minimum Gasteiger partial charge on any atom is -0.378 e. The third-order valence-electron chi connectivity index (χ3n) is 5.25. The standard InChI is InChI=1S/C18H24N6O3S/c1-13-16(28-12-19-13)18(26)23-4-2-3-14(9-23)10-24-11-15(20-21-24)17(25)22-5-7-27-8-6-22/h11-12,14H,2-10H2,1H3/t14-/m0/s1. The van der Waals surface area contributed by atoms with Gasteiger partial charge in [0.25, 0.3) is 11.8 Å². The average molecular weight is 404 g/mol. The molecule has 2 amide bonds. The van der Waals surface area contributed by atoms with Crippen LogP contribution in [0.2, 0.25) is 0 Å². The maximum Gasteiger partial charge on any atom is 0.276 e. The number of amides is 2. The highest BCUT2D eigenvalue weighted by Crippen LogP contribution is 2.22. The molecular formula is C18H24N6O3S. The topological polar surface area (TPSA) is 93.5 Å². The van der Waals surface area contributed by atoms with Crippen LogP contribution < -0.4 is 0 Å². The molecule has 2 aromatic rings. The summed E-state index contributed by atoms with van der Waals surface area (Å²) in [5.74, 6) is 0.251. The van der Waals surface area contributed by atoms with Crippen molar-refractivity contribution in [1.82, 2.24) is 29.8 Å². The highest BCUT2D eigenvalue weighted by atomic mass is 32.1. The fourth-order valence-corrected chi connectivity index (χ4v) is 4.50. The van der Waals surface area contributed by atoms with Gasteiger partial charge in [-0.05, 0) is 25.7 Å². The predicted octanol–water partition coefficient (Wildman–Crippen LogP) is 1.07. The van der Waals surface area contributed by atoms with E-state index in [2.05, 4.69) is 15.3 Å². The summed E-state index contributed by atoms with van der Waals surface area (Å²) in [6.45, 7) is 6.26. The van der Waals surface area contributed by atoms with Crippen LogP contribution >= 0.6 is 11.3 Å². The van der Waals surface area contributed by atoms with Crippen molar-refractivity contribution in [3.63, 3.8) is 0 Å². The van der Waals surface area contributed by atoms with Crippen molar-refractivity contribution in [2.24, 2.45) is 5.92 Å². The molecule has 2 saturated heterocycles. The number of hydrogen-bond donors (Lipinski definition) is 0. The summed E-state index contributed by atoms with van der Waals surface area (Å²) in [4.78, 5) is 33.8.